The summed E-state index contributed by atoms with van der Waals surface area (Å²) in [6, 6.07) is 11.0. The number of benzene rings is 1. The van der Waals surface area contributed by atoms with Gasteiger partial charge in [-0.3, -0.25) is 9.59 Å². The van der Waals surface area contributed by atoms with Gasteiger partial charge in [-0.25, -0.2) is 0 Å². The first kappa shape index (κ1) is 18.2. The molecule has 2 heterocycles. The molecule has 0 bridgehead atoms. The van der Waals surface area contributed by atoms with Crippen molar-refractivity contribution in [3.63, 3.8) is 0 Å². The molecule has 6 nitrogen and oxygen atoms in total. The van der Waals surface area contributed by atoms with E-state index in [1.807, 2.05) is 37.3 Å². The van der Waals surface area contributed by atoms with Gasteiger partial charge < -0.3 is 20.0 Å². The second-order valence-electron chi connectivity index (χ2n) is 6.74. The lowest BCUT2D eigenvalue weighted by Crippen LogP contribution is -2.54. The first-order valence-electron chi connectivity index (χ1n) is 8.90. The van der Waals surface area contributed by atoms with E-state index >= 15 is 0 Å². The standard InChI is InChI=1S/C20H25N3O3/c1-14-12-17(15(2)26-14)19(24)22-8-10-23(11-9-22)20(25)18(21)13-16-6-4-3-5-7-16/h3-7,12,18H,8-11,13,21H2,1-2H3/t18-/m0/s1. The molecule has 0 saturated carbocycles. The molecule has 1 fully saturated rings. The highest BCUT2D eigenvalue weighted by atomic mass is 16.3. The van der Waals surface area contributed by atoms with Gasteiger partial charge >= 0.3 is 0 Å². The fraction of sp³-hybridized carbons (Fsp3) is 0.400. The Hall–Kier alpha value is -2.60. The molecule has 0 spiro atoms. The molecule has 2 amide bonds. The lowest BCUT2D eigenvalue weighted by Gasteiger charge is -2.35. The van der Waals surface area contributed by atoms with Crippen molar-refractivity contribution < 1.29 is 14.0 Å². The summed E-state index contributed by atoms with van der Waals surface area (Å²) in [6.45, 7) is 5.64. The molecule has 2 aromatic rings. The zero-order valence-corrected chi connectivity index (χ0v) is 15.3. The topological polar surface area (TPSA) is 79.8 Å². The minimum absolute atomic E-state index is 0.0416. The van der Waals surface area contributed by atoms with Crippen LogP contribution in [-0.4, -0.2) is 53.8 Å². The molecule has 0 unspecified atom stereocenters. The van der Waals surface area contributed by atoms with Gasteiger partial charge in [0.05, 0.1) is 11.6 Å². The molecule has 138 valence electrons. The lowest BCUT2D eigenvalue weighted by atomic mass is 10.1. The van der Waals surface area contributed by atoms with E-state index in [-0.39, 0.29) is 11.8 Å². The molecule has 1 aliphatic heterocycles. The van der Waals surface area contributed by atoms with E-state index < -0.39 is 6.04 Å². The van der Waals surface area contributed by atoms with Crippen LogP contribution in [0.4, 0.5) is 0 Å². The number of furan rings is 1. The summed E-state index contributed by atoms with van der Waals surface area (Å²) in [5.74, 6) is 1.26. The summed E-state index contributed by atoms with van der Waals surface area (Å²) in [5, 5.41) is 0. The third kappa shape index (κ3) is 3.96. The van der Waals surface area contributed by atoms with Crippen LogP contribution in [0.1, 0.15) is 27.4 Å². The average Bonchev–Trinajstić information content (AvgIpc) is 2.99. The van der Waals surface area contributed by atoms with E-state index in [1.165, 1.54) is 0 Å². The number of hydrogen-bond acceptors (Lipinski definition) is 4. The number of nitrogens with two attached hydrogens (primary N) is 1. The summed E-state index contributed by atoms with van der Waals surface area (Å²) < 4.78 is 5.45. The van der Waals surface area contributed by atoms with Gasteiger partial charge in [0.1, 0.15) is 11.5 Å². The summed E-state index contributed by atoms with van der Waals surface area (Å²) in [7, 11) is 0. The van der Waals surface area contributed by atoms with Gasteiger partial charge in [0.25, 0.3) is 5.91 Å². The van der Waals surface area contributed by atoms with Gasteiger partial charge in [-0.15, -0.1) is 0 Å². The normalized spacial score (nSPS) is 15.8. The number of carbonyl (C=O) groups is 2. The van der Waals surface area contributed by atoms with Crippen molar-refractivity contribution in [3.8, 4) is 0 Å². The minimum atomic E-state index is -0.557. The summed E-state index contributed by atoms with van der Waals surface area (Å²) in [5.41, 5.74) is 7.75. The number of carbonyl (C=O) groups excluding carboxylic acids is 2. The van der Waals surface area contributed by atoms with Crippen LogP contribution >= 0.6 is 0 Å². The predicted molar refractivity (Wildman–Crippen MR) is 98.8 cm³/mol. The van der Waals surface area contributed by atoms with E-state index in [0.29, 0.717) is 43.9 Å². The molecule has 1 saturated heterocycles. The summed E-state index contributed by atoms with van der Waals surface area (Å²) in [6.07, 6.45) is 0.520. The molecule has 0 aliphatic carbocycles. The second kappa shape index (κ2) is 7.74. The molecule has 0 radical (unpaired) electrons. The smallest absolute Gasteiger partial charge is 0.257 e. The first-order valence-corrected chi connectivity index (χ1v) is 8.90. The predicted octanol–water partition coefficient (Wildman–Crippen LogP) is 1.75. The third-order valence-corrected chi connectivity index (χ3v) is 4.77. The highest BCUT2D eigenvalue weighted by Crippen LogP contribution is 2.17. The Morgan fingerprint density at radius 1 is 1.08 bits per heavy atom. The zero-order chi connectivity index (χ0) is 18.7. The molecule has 2 N–H and O–H groups in total. The number of amides is 2. The number of piperazine rings is 1. The molecule has 1 aromatic carbocycles. The van der Waals surface area contributed by atoms with Crippen molar-refractivity contribution in [2.75, 3.05) is 26.2 Å². The number of nitrogens with zero attached hydrogens (tertiary/aromatic N) is 2. The van der Waals surface area contributed by atoms with E-state index in [2.05, 4.69) is 0 Å². The Kier molecular flexibility index (Phi) is 5.42. The molecule has 26 heavy (non-hydrogen) atoms. The number of hydrogen-bond donors (Lipinski definition) is 1. The molecule has 6 heteroatoms. The van der Waals surface area contributed by atoms with Crippen LogP contribution in [0.3, 0.4) is 0 Å². The van der Waals surface area contributed by atoms with Gasteiger partial charge in [-0.05, 0) is 31.9 Å². The van der Waals surface area contributed by atoms with Gasteiger partial charge in [0.2, 0.25) is 5.91 Å². The maximum atomic E-state index is 12.6. The molecule has 1 atom stereocenters. The number of aryl methyl sites for hydroxylation is 2. The van der Waals surface area contributed by atoms with Crippen LogP contribution in [0.25, 0.3) is 0 Å². The molecule has 1 aromatic heterocycles. The third-order valence-electron chi connectivity index (χ3n) is 4.77. The maximum Gasteiger partial charge on any atom is 0.257 e. The van der Waals surface area contributed by atoms with Crippen molar-refractivity contribution in [3.05, 3.63) is 59.0 Å². The summed E-state index contributed by atoms with van der Waals surface area (Å²) in [4.78, 5) is 28.7. The Balaban J connectivity index is 1.55. The van der Waals surface area contributed by atoms with E-state index in [4.69, 9.17) is 10.2 Å². The maximum absolute atomic E-state index is 12.6. The van der Waals surface area contributed by atoms with Crippen LogP contribution < -0.4 is 5.73 Å². The first-order chi connectivity index (χ1) is 12.5. The quantitative estimate of drug-likeness (QED) is 0.906. The Bertz CT molecular complexity index is 777. The van der Waals surface area contributed by atoms with Gasteiger partial charge in [0, 0.05) is 26.2 Å². The molecular weight excluding hydrogens is 330 g/mol. The van der Waals surface area contributed by atoms with E-state index in [0.717, 1.165) is 11.3 Å². The SMILES string of the molecule is Cc1cc(C(=O)N2CCN(C(=O)[C@@H](N)Cc3ccccc3)CC2)c(C)o1. The van der Waals surface area contributed by atoms with Gasteiger partial charge in [-0.2, -0.15) is 0 Å². The Morgan fingerprint density at radius 2 is 1.69 bits per heavy atom. The Labute approximate surface area is 153 Å². The van der Waals surface area contributed by atoms with Crippen molar-refractivity contribution >= 4 is 11.8 Å². The molecule has 3 rings (SSSR count). The van der Waals surface area contributed by atoms with Crippen LogP contribution in [0.2, 0.25) is 0 Å². The van der Waals surface area contributed by atoms with Gasteiger partial charge in [0.15, 0.2) is 0 Å². The zero-order valence-electron chi connectivity index (χ0n) is 15.3. The van der Waals surface area contributed by atoms with Crippen molar-refractivity contribution in [2.24, 2.45) is 5.73 Å². The van der Waals surface area contributed by atoms with Crippen LogP contribution in [0, 0.1) is 13.8 Å². The van der Waals surface area contributed by atoms with Crippen LogP contribution in [-0.2, 0) is 11.2 Å². The summed E-state index contributed by atoms with van der Waals surface area (Å²) >= 11 is 0. The van der Waals surface area contributed by atoms with Crippen LogP contribution in [0.15, 0.2) is 40.8 Å². The molecule has 1 aliphatic rings. The lowest BCUT2D eigenvalue weighted by molar-refractivity contribution is -0.134. The molecular formula is C20H25N3O3. The Morgan fingerprint density at radius 3 is 2.27 bits per heavy atom. The highest BCUT2D eigenvalue weighted by molar-refractivity contribution is 5.95. The second-order valence-corrected chi connectivity index (χ2v) is 6.74. The van der Waals surface area contributed by atoms with Crippen molar-refractivity contribution in [2.45, 2.75) is 26.3 Å². The van der Waals surface area contributed by atoms with Crippen LogP contribution in [0.5, 0.6) is 0 Å². The average molecular weight is 355 g/mol. The van der Waals surface area contributed by atoms with Crippen molar-refractivity contribution in [1.82, 2.24) is 9.80 Å². The van der Waals surface area contributed by atoms with E-state index in [1.54, 1.807) is 22.8 Å². The fourth-order valence-electron chi connectivity index (χ4n) is 3.33. The van der Waals surface area contributed by atoms with E-state index in [9.17, 15) is 9.59 Å². The number of rotatable bonds is 4. The monoisotopic (exact) mass is 355 g/mol. The highest BCUT2D eigenvalue weighted by Gasteiger charge is 2.28. The largest absolute Gasteiger partial charge is 0.466 e. The fourth-order valence-corrected chi connectivity index (χ4v) is 3.33. The minimum Gasteiger partial charge on any atom is -0.466 e. The van der Waals surface area contributed by atoms with Gasteiger partial charge in [-0.1, -0.05) is 30.3 Å². The van der Waals surface area contributed by atoms with Crippen molar-refractivity contribution in [1.29, 1.82) is 0 Å².